The molecule has 0 fully saturated rings. The van der Waals surface area contributed by atoms with E-state index in [9.17, 15) is 4.79 Å². The molecule has 4 nitrogen and oxygen atoms in total. The normalized spacial score (nSPS) is 9.83. The topological polar surface area (TPSA) is 54.1 Å². The Morgan fingerprint density at radius 3 is 2.89 bits per heavy atom. The predicted molar refractivity (Wildman–Crippen MR) is 71.6 cm³/mol. The maximum Gasteiger partial charge on any atom is 0.247 e. The molecule has 1 heterocycles. The fraction of sp³-hybridized carbons (Fsp3) is 0.0714. The van der Waals surface area contributed by atoms with Crippen LogP contribution in [-0.2, 0) is 4.79 Å². The molecular formula is C14H14N2O2. The van der Waals surface area contributed by atoms with Crippen molar-refractivity contribution < 1.29 is 9.53 Å². The molecule has 4 heteroatoms. The molecule has 0 saturated heterocycles. The number of hydrogen-bond donors (Lipinski definition) is 2. The molecule has 1 aromatic heterocycles. The first-order valence-corrected chi connectivity index (χ1v) is 5.50. The summed E-state index contributed by atoms with van der Waals surface area (Å²) in [5.41, 5.74) is 2.51. The molecule has 1 aromatic carbocycles. The zero-order chi connectivity index (χ0) is 13.0. The number of nitrogens with one attached hydrogen (secondary N) is 2. The number of aromatic amines is 1. The zero-order valence-corrected chi connectivity index (χ0v) is 10.1. The molecule has 2 aromatic rings. The molecule has 92 valence electrons. The van der Waals surface area contributed by atoms with Gasteiger partial charge in [-0.3, -0.25) is 4.79 Å². The Balaban J connectivity index is 2.45. The van der Waals surface area contributed by atoms with E-state index in [1.807, 2.05) is 30.5 Å². The van der Waals surface area contributed by atoms with Crippen molar-refractivity contribution in [2.45, 2.75) is 0 Å². The van der Waals surface area contributed by atoms with Crippen LogP contribution in [0.1, 0.15) is 0 Å². The van der Waals surface area contributed by atoms with Gasteiger partial charge >= 0.3 is 0 Å². The Bertz CT molecular complexity index is 559. The van der Waals surface area contributed by atoms with Gasteiger partial charge in [0, 0.05) is 23.5 Å². The van der Waals surface area contributed by atoms with E-state index in [1.54, 1.807) is 13.2 Å². The standard InChI is InChI=1S/C14H14N2O2/c1-3-14(17)16-13-9-10(18-2)6-7-11(13)12-5-4-8-15-12/h3-9,15H,1H2,2H3,(H,16,17). The Kier molecular flexibility index (Phi) is 3.48. The monoisotopic (exact) mass is 242 g/mol. The molecule has 0 atom stereocenters. The van der Waals surface area contributed by atoms with Gasteiger partial charge < -0.3 is 15.0 Å². The maximum absolute atomic E-state index is 11.4. The van der Waals surface area contributed by atoms with Crippen LogP contribution in [0.4, 0.5) is 5.69 Å². The largest absolute Gasteiger partial charge is 0.497 e. The second-order valence-electron chi connectivity index (χ2n) is 3.69. The van der Waals surface area contributed by atoms with E-state index < -0.39 is 0 Å². The molecular weight excluding hydrogens is 228 g/mol. The summed E-state index contributed by atoms with van der Waals surface area (Å²) < 4.78 is 5.16. The lowest BCUT2D eigenvalue weighted by Gasteiger charge is -2.10. The average Bonchev–Trinajstić information content (AvgIpc) is 2.92. The van der Waals surface area contributed by atoms with Gasteiger partial charge in [0.1, 0.15) is 5.75 Å². The average molecular weight is 242 g/mol. The van der Waals surface area contributed by atoms with E-state index in [0.717, 1.165) is 11.3 Å². The molecule has 0 aliphatic carbocycles. The van der Waals surface area contributed by atoms with Gasteiger partial charge in [-0.25, -0.2) is 0 Å². The number of benzene rings is 1. The van der Waals surface area contributed by atoms with Gasteiger partial charge in [0.05, 0.1) is 12.8 Å². The van der Waals surface area contributed by atoms with Crippen LogP contribution >= 0.6 is 0 Å². The van der Waals surface area contributed by atoms with Gasteiger partial charge in [0.25, 0.3) is 0 Å². The first-order valence-electron chi connectivity index (χ1n) is 5.50. The van der Waals surface area contributed by atoms with Gasteiger partial charge in [-0.15, -0.1) is 0 Å². The molecule has 0 aliphatic rings. The third kappa shape index (κ3) is 2.43. The number of carbonyl (C=O) groups is 1. The van der Waals surface area contributed by atoms with Crippen LogP contribution in [0.2, 0.25) is 0 Å². The van der Waals surface area contributed by atoms with Gasteiger partial charge in [0.15, 0.2) is 0 Å². The number of aromatic nitrogens is 1. The van der Waals surface area contributed by atoms with Crippen LogP contribution in [0, 0.1) is 0 Å². The highest BCUT2D eigenvalue weighted by Gasteiger charge is 2.09. The van der Waals surface area contributed by atoms with Gasteiger partial charge in [0.2, 0.25) is 5.91 Å². The lowest BCUT2D eigenvalue weighted by molar-refractivity contribution is -0.111. The van der Waals surface area contributed by atoms with Crippen LogP contribution in [0.15, 0.2) is 49.2 Å². The summed E-state index contributed by atoms with van der Waals surface area (Å²) in [5.74, 6) is 0.431. The van der Waals surface area contributed by atoms with Crippen molar-refractivity contribution in [2.24, 2.45) is 0 Å². The number of methoxy groups -OCH3 is 1. The minimum absolute atomic E-state index is 0.254. The highest BCUT2D eigenvalue weighted by Crippen LogP contribution is 2.30. The fourth-order valence-corrected chi connectivity index (χ4v) is 1.67. The zero-order valence-electron chi connectivity index (χ0n) is 10.1. The summed E-state index contributed by atoms with van der Waals surface area (Å²) in [6.07, 6.45) is 3.07. The molecule has 0 unspecified atom stereocenters. The molecule has 2 rings (SSSR count). The molecule has 0 saturated carbocycles. The molecule has 0 radical (unpaired) electrons. The van der Waals surface area contributed by atoms with E-state index >= 15 is 0 Å². The smallest absolute Gasteiger partial charge is 0.247 e. The van der Waals surface area contributed by atoms with Crippen molar-refractivity contribution in [1.29, 1.82) is 0 Å². The van der Waals surface area contributed by atoms with E-state index in [4.69, 9.17) is 4.74 Å². The minimum atomic E-state index is -0.254. The summed E-state index contributed by atoms with van der Waals surface area (Å²) in [6, 6.07) is 9.35. The number of hydrogen-bond acceptors (Lipinski definition) is 2. The van der Waals surface area contributed by atoms with E-state index in [-0.39, 0.29) is 5.91 Å². The Labute approximate surface area is 105 Å². The van der Waals surface area contributed by atoms with Crippen LogP contribution in [0.5, 0.6) is 5.75 Å². The Morgan fingerprint density at radius 2 is 2.28 bits per heavy atom. The number of rotatable bonds is 4. The summed E-state index contributed by atoms with van der Waals surface area (Å²) in [4.78, 5) is 14.5. The van der Waals surface area contributed by atoms with Crippen LogP contribution < -0.4 is 10.1 Å². The van der Waals surface area contributed by atoms with Crippen molar-refractivity contribution in [3.8, 4) is 17.0 Å². The second-order valence-corrected chi connectivity index (χ2v) is 3.69. The molecule has 0 spiro atoms. The van der Waals surface area contributed by atoms with Crippen molar-refractivity contribution >= 4 is 11.6 Å². The summed E-state index contributed by atoms with van der Waals surface area (Å²) in [6.45, 7) is 3.44. The summed E-state index contributed by atoms with van der Waals surface area (Å²) in [5, 5.41) is 2.77. The molecule has 2 N–H and O–H groups in total. The highest BCUT2D eigenvalue weighted by atomic mass is 16.5. The van der Waals surface area contributed by atoms with Crippen LogP contribution in [0.25, 0.3) is 11.3 Å². The molecule has 0 bridgehead atoms. The number of ether oxygens (including phenoxy) is 1. The van der Waals surface area contributed by atoms with E-state index in [2.05, 4.69) is 16.9 Å². The van der Waals surface area contributed by atoms with Crippen molar-refractivity contribution in [3.05, 3.63) is 49.2 Å². The van der Waals surface area contributed by atoms with Gasteiger partial charge in [-0.1, -0.05) is 6.58 Å². The third-order valence-corrected chi connectivity index (χ3v) is 2.56. The summed E-state index contributed by atoms with van der Waals surface area (Å²) >= 11 is 0. The van der Waals surface area contributed by atoms with Crippen molar-refractivity contribution in [3.63, 3.8) is 0 Å². The number of anilines is 1. The lowest BCUT2D eigenvalue weighted by Crippen LogP contribution is -2.08. The quantitative estimate of drug-likeness (QED) is 0.810. The van der Waals surface area contributed by atoms with Gasteiger partial charge in [-0.2, -0.15) is 0 Å². The number of H-pyrrole nitrogens is 1. The van der Waals surface area contributed by atoms with E-state index in [0.29, 0.717) is 11.4 Å². The third-order valence-electron chi connectivity index (χ3n) is 2.56. The van der Waals surface area contributed by atoms with Crippen LogP contribution in [0.3, 0.4) is 0 Å². The van der Waals surface area contributed by atoms with Crippen molar-refractivity contribution in [2.75, 3.05) is 12.4 Å². The van der Waals surface area contributed by atoms with Crippen LogP contribution in [-0.4, -0.2) is 18.0 Å². The van der Waals surface area contributed by atoms with Gasteiger partial charge in [-0.05, 0) is 30.3 Å². The highest BCUT2D eigenvalue weighted by molar-refractivity contribution is 6.01. The molecule has 0 aliphatic heterocycles. The maximum atomic E-state index is 11.4. The first kappa shape index (κ1) is 12.0. The Hall–Kier alpha value is -2.49. The minimum Gasteiger partial charge on any atom is -0.497 e. The van der Waals surface area contributed by atoms with Crippen molar-refractivity contribution in [1.82, 2.24) is 4.98 Å². The fourth-order valence-electron chi connectivity index (χ4n) is 1.67. The number of amides is 1. The predicted octanol–water partition coefficient (Wildman–Crippen LogP) is 2.81. The molecule has 18 heavy (non-hydrogen) atoms. The molecule has 1 amide bonds. The Morgan fingerprint density at radius 1 is 1.44 bits per heavy atom. The first-order chi connectivity index (χ1) is 8.74. The summed E-state index contributed by atoms with van der Waals surface area (Å²) in [7, 11) is 1.59. The lowest BCUT2D eigenvalue weighted by atomic mass is 10.1. The van der Waals surface area contributed by atoms with E-state index in [1.165, 1.54) is 6.08 Å². The second kappa shape index (κ2) is 5.23. The SMILES string of the molecule is C=CC(=O)Nc1cc(OC)ccc1-c1ccc[nH]1. The number of carbonyl (C=O) groups excluding carboxylic acids is 1.